The summed E-state index contributed by atoms with van der Waals surface area (Å²) in [6.07, 6.45) is 11.2. The maximum Gasteiger partial charge on any atom is 0.252 e. The molecular weight excluding hydrogens is 840 g/mol. The van der Waals surface area contributed by atoms with Gasteiger partial charge in [0.2, 0.25) is 0 Å². The van der Waals surface area contributed by atoms with E-state index in [-0.39, 0.29) is 28.4 Å². The Labute approximate surface area is 409 Å². The van der Waals surface area contributed by atoms with Crippen molar-refractivity contribution in [2.24, 2.45) is 0 Å². The first kappa shape index (κ1) is 42.5. The lowest BCUT2D eigenvalue weighted by Gasteiger charge is -2.48. The van der Waals surface area contributed by atoms with Gasteiger partial charge in [-0.05, 0) is 170 Å². The van der Waals surface area contributed by atoms with Gasteiger partial charge < -0.3 is 9.80 Å². The number of fused-ring (bicyclic) bond motifs is 9. The second-order valence-corrected chi connectivity index (χ2v) is 25.1. The fraction of sp³-hybridized carbons (Fsp3) is 0.344. The fourth-order valence-corrected chi connectivity index (χ4v) is 14.9. The standard InChI is InChI=1S/C64H65BN2S/c1-61(2)29-30-62(3,4)48-35-43(27-28-47(48)61)66-54-38-50-49(63(5,6)31-32-64(50,7)8)37-52(54)65-51-36-46-45-24-16-18-26-58(45)68-59(46)39-55(51)67(53-25-17-15-23-44(53)41-21-13-10-14-22-41)57-34-42(33-56(66)60(57)65)40-19-11-9-12-20-40/h10,13-18,21-28,33-40H,9,11-12,19-20,29-32H2,1-8H3. The maximum atomic E-state index is 2.78. The van der Waals surface area contributed by atoms with Crippen LogP contribution in [0, 0.1) is 0 Å². The Balaban J connectivity index is 1.19. The highest BCUT2D eigenvalue weighted by atomic mass is 32.1. The molecule has 1 fully saturated rings. The Morgan fingerprint density at radius 1 is 0.456 bits per heavy atom. The monoisotopic (exact) mass is 904 g/mol. The summed E-state index contributed by atoms with van der Waals surface area (Å²) in [5.41, 5.74) is 22.7. The first-order valence-corrected chi connectivity index (χ1v) is 26.7. The largest absolute Gasteiger partial charge is 0.311 e. The van der Waals surface area contributed by atoms with Gasteiger partial charge in [0.05, 0.1) is 5.69 Å². The first-order chi connectivity index (χ1) is 32.7. The lowest BCUT2D eigenvalue weighted by Crippen LogP contribution is -2.62. The number of hydrogen-bond acceptors (Lipinski definition) is 3. The summed E-state index contributed by atoms with van der Waals surface area (Å²) < 4.78 is 2.70. The van der Waals surface area contributed by atoms with Crippen LogP contribution in [0.1, 0.15) is 147 Å². The molecule has 5 aliphatic rings. The Hall–Kier alpha value is -5.58. The number of nitrogens with zero attached hydrogens (tertiary/aromatic N) is 2. The van der Waals surface area contributed by atoms with Crippen LogP contribution >= 0.6 is 11.3 Å². The van der Waals surface area contributed by atoms with Crippen LogP contribution < -0.4 is 26.2 Å². The van der Waals surface area contributed by atoms with Crippen molar-refractivity contribution in [3.8, 4) is 11.1 Å². The van der Waals surface area contributed by atoms with Crippen LogP contribution in [0.4, 0.5) is 34.1 Å². The zero-order valence-corrected chi connectivity index (χ0v) is 42.3. The fourth-order valence-electron chi connectivity index (χ4n) is 13.7. The van der Waals surface area contributed by atoms with Crippen molar-refractivity contribution in [2.75, 3.05) is 9.80 Å². The minimum Gasteiger partial charge on any atom is -0.311 e. The zero-order valence-electron chi connectivity index (χ0n) is 41.5. The average Bonchev–Trinajstić information content (AvgIpc) is 3.71. The van der Waals surface area contributed by atoms with E-state index in [1.165, 1.54) is 167 Å². The molecule has 0 spiro atoms. The predicted octanol–water partition coefficient (Wildman–Crippen LogP) is 16.5. The van der Waals surface area contributed by atoms with Crippen LogP contribution in [0.15, 0.2) is 133 Å². The van der Waals surface area contributed by atoms with Crippen LogP contribution in [-0.2, 0) is 21.7 Å². The van der Waals surface area contributed by atoms with Crippen molar-refractivity contribution in [3.05, 3.63) is 161 Å². The van der Waals surface area contributed by atoms with Gasteiger partial charge in [-0.15, -0.1) is 11.3 Å². The normalized spacial score (nSPS) is 19.6. The number of benzene rings is 7. The third-order valence-electron chi connectivity index (χ3n) is 18.0. The van der Waals surface area contributed by atoms with E-state index in [9.17, 15) is 0 Å². The molecule has 7 aromatic carbocycles. The van der Waals surface area contributed by atoms with Gasteiger partial charge in [-0.25, -0.2) is 0 Å². The molecule has 0 saturated heterocycles. The zero-order chi connectivity index (χ0) is 46.5. The molecule has 0 N–H and O–H groups in total. The van der Waals surface area contributed by atoms with Crippen molar-refractivity contribution < 1.29 is 0 Å². The molecule has 8 aromatic rings. The molecule has 1 aromatic heterocycles. The van der Waals surface area contributed by atoms with Crippen LogP contribution in [0.5, 0.6) is 0 Å². The highest BCUT2D eigenvalue weighted by Gasteiger charge is 2.48. The van der Waals surface area contributed by atoms with Crippen molar-refractivity contribution in [1.82, 2.24) is 0 Å². The maximum absolute atomic E-state index is 2.78. The second-order valence-electron chi connectivity index (χ2n) is 24.0. The third-order valence-corrected chi connectivity index (χ3v) is 19.1. The number of rotatable bonds is 4. The van der Waals surface area contributed by atoms with Gasteiger partial charge in [-0.2, -0.15) is 0 Å². The highest BCUT2D eigenvalue weighted by molar-refractivity contribution is 7.26. The van der Waals surface area contributed by atoms with Crippen LogP contribution in [0.3, 0.4) is 0 Å². The molecule has 0 unspecified atom stereocenters. The number of para-hydroxylation sites is 1. The molecule has 0 atom stereocenters. The van der Waals surface area contributed by atoms with Crippen molar-refractivity contribution in [1.29, 1.82) is 0 Å². The lowest BCUT2D eigenvalue weighted by molar-refractivity contribution is 0.332. The molecule has 3 heterocycles. The lowest BCUT2D eigenvalue weighted by atomic mass is 9.33. The summed E-state index contributed by atoms with van der Waals surface area (Å²) >= 11 is 1.94. The molecule has 0 amide bonds. The van der Waals surface area contributed by atoms with Gasteiger partial charge in [0.15, 0.2) is 0 Å². The van der Waals surface area contributed by atoms with E-state index >= 15 is 0 Å². The predicted molar refractivity (Wildman–Crippen MR) is 295 cm³/mol. The number of hydrogen-bond donors (Lipinski definition) is 0. The minimum absolute atomic E-state index is 0.0454. The van der Waals surface area contributed by atoms with Crippen molar-refractivity contribution in [3.63, 3.8) is 0 Å². The van der Waals surface area contributed by atoms with Crippen molar-refractivity contribution in [2.45, 2.75) is 141 Å². The summed E-state index contributed by atoms with van der Waals surface area (Å²) in [4.78, 5) is 5.49. The molecule has 0 radical (unpaired) electrons. The van der Waals surface area contributed by atoms with E-state index in [0.717, 1.165) is 0 Å². The van der Waals surface area contributed by atoms with Gasteiger partial charge in [-0.3, -0.25) is 0 Å². The average molecular weight is 905 g/mol. The number of thiophene rings is 1. The topological polar surface area (TPSA) is 6.48 Å². The molecule has 2 nitrogen and oxygen atoms in total. The Bertz CT molecular complexity index is 3360. The Morgan fingerprint density at radius 3 is 1.78 bits per heavy atom. The SMILES string of the molecule is CC1(C)CCC(C)(C)c2cc(N3c4cc5c(cc4B4c6cc7c(cc6N(c6ccccc6-c6ccccc6)c6cc(C8CCCCC8)cc3c64)sc3ccccc37)C(C)(C)CCC5(C)C)ccc21. The van der Waals surface area contributed by atoms with Gasteiger partial charge in [0, 0.05) is 48.8 Å². The molecule has 2 aliphatic heterocycles. The van der Waals surface area contributed by atoms with Gasteiger partial charge in [0.1, 0.15) is 0 Å². The molecule has 68 heavy (non-hydrogen) atoms. The highest BCUT2D eigenvalue weighted by Crippen LogP contribution is 2.54. The van der Waals surface area contributed by atoms with Crippen LogP contribution in [0.2, 0.25) is 0 Å². The van der Waals surface area contributed by atoms with Gasteiger partial charge >= 0.3 is 0 Å². The minimum atomic E-state index is 0.0454. The third kappa shape index (κ3) is 6.34. The first-order valence-electron chi connectivity index (χ1n) is 25.9. The summed E-state index contributed by atoms with van der Waals surface area (Å²) in [7, 11) is 0. The van der Waals surface area contributed by atoms with E-state index in [1.54, 1.807) is 0 Å². The van der Waals surface area contributed by atoms with Crippen molar-refractivity contribution >= 4 is 88.7 Å². The quantitative estimate of drug-likeness (QED) is 0.162. The van der Waals surface area contributed by atoms with E-state index in [1.807, 2.05) is 11.3 Å². The molecule has 1 saturated carbocycles. The molecule has 3 aliphatic carbocycles. The van der Waals surface area contributed by atoms with Gasteiger partial charge in [-0.1, -0.05) is 160 Å². The summed E-state index contributed by atoms with van der Waals surface area (Å²) in [6, 6.07) is 53.1. The van der Waals surface area contributed by atoms with E-state index in [2.05, 4.69) is 199 Å². The van der Waals surface area contributed by atoms with Crippen LogP contribution in [0.25, 0.3) is 31.3 Å². The van der Waals surface area contributed by atoms with Crippen LogP contribution in [-0.4, -0.2) is 6.71 Å². The second kappa shape index (κ2) is 15.0. The summed E-state index contributed by atoms with van der Waals surface area (Å²) in [6.45, 7) is 20.0. The molecular formula is C64H65BN2S. The molecule has 13 rings (SSSR count). The Kier molecular flexibility index (Phi) is 9.36. The number of anilines is 6. The summed E-state index contributed by atoms with van der Waals surface area (Å²) in [5, 5.41) is 2.73. The molecule has 340 valence electrons. The molecule has 0 bridgehead atoms. The molecule has 4 heteroatoms. The van der Waals surface area contributed by atoms with E-state index in [0.29, 0.717) is 5.92 Å². The van der Waals surface area contributed by atoms with E-state index in [4.69, 9.17) is 0 Å². The van der Waals surface area contributed by atoms with Gasteiger partial charge in [0.25, 0.3) is 6.71 Å². The smallest absolute Gasteiger partial charge is 0.252 e. The van der Waals surface area contributed by atoms with E-state index < -0.39 is 0 Å². The Morgan fingerprint density at radius 2 is 1.04 bits per heavy atom. The summed E-state index contributed by atoms with van der Waals surface area (Å²) in [5.74, 6) is 0.524.